The Morgan fingerprint density at radius 1 is 1.11 bits per heavy atom. The summed E-state index contributed by atoms with van der Waals surface area (Å²) < 4.78 is 27.4. The third-order valence-electron chi connectivity index (χ3n) is 8.84. The van der Waals surface area contributed by atoms with Gasteiger partial charge in [-0.05, 0) is 67.3 Å². The summed E-state index contributed by atoms with van der Waals surface area (Å²) in [5, 5.41) is 4.31. The Balaban J connectivity index is 1.22. The molecular formula is C35H33ClFN5O4. The van der Waals surface area contributed by atoms with Gasteiger partial charge in [-0.15, -0.1) is 0 Å². The van der Waals surface area contributed by atoms with Crippen LogP contribution in [0.5, 0.6) is 5.75 Å². The third kappa shape index (κ3) is 5.26. The Hall–Kier alpha value is -4.83. The van der Waals surface area contributed by atoms with Crippen LogP contribution in [0.4, 0.5) is 9.18 Å². The second-order valence-electron chi connectivity index (χ2n) is 12.1. The highest BCUT2D eigenvalue weighted by Crippen LogP contribution is 2.46. The lowest BCUT2D eigenvalue weighted by Gasteiger charge is -2.30. The molecule has 0 radical (unpaired) electrons. The quantitative estimate of drug-likeness (QED) is 0.200. The van der Waals surface area contributed by atoms with Crippen molar-refractivity contribution in [3.8, 4) is 28.3 Å². The van der Waals surface area contributed by atoms with E-state index in [2.05, 4.69) is 25.9 Å². The highest BCUT2D eigenvalue weighted by atomic mass is 35.5. The number of rotatable bonds is 6. The monoisotopic (exact) mass is 641 g/mol. The van der Waals surface area contributed by atoms with Gasteiger partial charge >= 0.3 is 6.09 Å². The zero-order chi connectivity index (χ0) is 32.1. The van der Waals surface area contributed by atoms with Crippen molar-refractivity contribution in [2.24, 2.45) is 5.92 Å². The van der Waals surface area contributed by atoms with Crippen molar-refractivity contribution in [1.29, 1.82) is 0 Å². The molecular weight excluding hydrogens is 609 g/mol. The number of methoxy groups -OCH3 is 1. The average Bonchev–Trinajstić information content (AvgIpc) is 3.81. The number of halogens is 2. The van der Waals surface area contributed by atoms with Crippen LogP contribution in [-0.4, -0.2) is 51.1 Å². The van der Waals surface area contributed by atoms with E-state index in [0.29, 0.717) is 23.1 Å². The fourth-order valence-corrected chi connectivity index (χ4v) is 6.71. The predicted octanol–water partition coefficient (Wildman–Crippen LogP) is 7.47. The average molecular weight is 642 g/mol. The first-order valence-corrected chi connectivity index (χ1v) is 15.7. The van der Waals surface area contributed by atoms with Gasteiger partial charge in [-0.25, -0.2) is 14.2 Å². The van der Waals surface area contributed by atoms with Gasteiger partial charge in [0, 0.05) is 33.6 Å². The van der Waals surface area contributed by atoms with Gasteiger partial charge in [0.1, 0.15) is 23.4 Å². The lowest BCUT2D eigenvalue weighted by atomic mass is 10.0. The number of benzene rings is 3. The van der Waals surface area contributed by atoms with Gasteiger partial charge in [-0.1, -0.05) is 43.6 Å². The minimum Gasteiger partial charge on any atom is -0.465 e. The third-order valence-corrected chi connectivity index (χ3v) is 9.07. The molecule has 2 aliphatic rings. The number of carbonyl (C=O) groups excluding carboxylic acids is 2. The van der Waals surface area contributed by atoms with E-state index in [1.807, 2.05) is 50.2 Å². The molecule has 9 nitrogen and oxygen atoms in total. The molecule has 2 unspecified atom stereocenters. The topological polar surface area (TPSA) is 101 Å². The molecule has 2 amide bonds. The number of carbonyl (C=O) groups is 2. The molecule has 0 bridgehead atoms. The highest BCUT2D eigenvalue weighted by molar-refractivity contribution is 6.31. The van der Waals surface area contributed by atoms with Crippen molar-refractivity contribution in [3.63, 3.8) is 0 Å². The maximum atomic E-state index is 13.9. The molecule has 0 aliphatic carbocycles. The molecule has 0 spiro atoms. The molecule has 2 aromatic heterocycles. The predicted molar refractivity (Wildman–Crippen MR) is 173 cm³/mol. The molecule has 3 aromatic carbocycles. The van der Waals surface area contributed by atoms with Gasteiger partial charge in [0.05, 0.1) is 36.3 Å². The number of hydrogen-bond donors (Lipinski definition) is 2. The van der Waals surface area contributed by atoms with Crippen LogP contribution in [0.25, 0.3) is 33.4 Å². The number of aromatic amines is 1. The number of amides is 2. The van der Waals surface area contributed by atoms with E-state index in [0.717, 1.165) is 51.8 Å². The summed E-state index contributed by atoms with van der Waals surface area (Å²) in [5.41, 5.74) is 5.29. The maximum Gasteiger partial charge on any atom is 0.407 e. The van der Waals surface area contributed by atoms with Crippen LogP contribution in [0.1, 0.15) is 50.3 Å². The Morgan fingerprint density at radius 2 is 1.91 bits per heavy atom. The van der Waals surface area contributed by atoms with Gasteiger partial charge in [0.2, 0.25) is 12.1 Å². The number of aromatic nitrogens is 3. The Kier molecular flexibility index (Phi) is 7.68. The zero-order valence-corrected chi connectivity index (χ0v) is 26.3. The van der Waals surface area contributed by atoms with E-state index in [4.69, 9.17) is 21.1 Å². The second kappa shape index (κ2) is 11.8. The number of nitrogens with zero attached hydrogens (tertiary/aromatic N) is 3. The Bertz CT molecular complexity index is 1950. The molecule has 4 heterocycles. The minimum atomic E-state index is -0.707. The van der Waals surface area contributed by atoms with E-state index >= 15 is 0 Å². The van der Waals surface area contributed by atoms with E-state index < -0.39 is 18.4 Å². The normalized spacial score (nSPS) is 17.8. The van der Waals surface area contributed by atoms with Crippen LogP contribution < -0.4 is 10.1 Å². The SMILES string of the molecule is COC(=O)N[C@H](C(=O)N1CCCC1c1ncc(-c2ccc3c(c2)OC(c2ccc(F)cc2)n2c-3cc3cc(Cl)ccc32)[nH]1)C(C)C. The largest absolute Gasteiger partial charge is 0.465 e. The van der Waals surface area contributed by atoms with Crippen LogP contribution in [0, 0.1) is 11.7 Å². The van der Waals surface area contributed by atoms with Gasteiger partial charge in [-0.2, -0.15) is 0 Å². The van der Waals surface area contributed by atoms with Crippen molar-refractivity contribution in [1.82, 2.24) is 24.8 Å². The van der Waals surface area contributed by atoms with Crippen LogP contribution in [0.3, 0.4) is 0 Å². The standard InChI is InChI=1S/C35H33ClFN5O4/c1-19(2)31(40-35(44)45-3)33(43)41-14-4-5-28(41)32-38-18-26(39-32)21-8-12-25-29-16-22-15-23(36)9-13-27(22)42(29)34(46-30(25)17-21)20-6-10-24(37)11-7-20/h6-13,15-19,28,31,34H,4-5,14H2,1-3H3,(H,38,39)(H,40,44)/t28?,31-,34?/m0/s1. The zero-order valence-electron chi connectivity index (χ0n) is 25.6. The maximum absolute atomic E-state index is 13.9. The molecule has 1 fully saturated rings. The molecule has 7 rings (SSSR count). The van der Waals surface area contributed by atoms with Gasteiger partial charge in [0.25, 0.3) is 0 Å². The lowest BCUT2D eigenvalue weighted by molar-refractivity contribution is -0.135. The molecule has 1 saturated heterocycles. The van der Waals surface area contributed by atoms with Gasteiger partial charge in [-0.3, -0.25) is 4.79 Å². The van der Waals surface area contributed by atoms with Gasteiger partial charge < -0.3 is 29.2 Å². The van der Waals surface area contributed by atoms with E-state index in [9.17, 15) is 14.0 Å². The molecule has 2 aliphatic heterocycles. The van der Waals surface area contributed by atoms with Crippen molar-refractivity contribution in [2.45, 2.75) is 45.0 Å². The van der Waals surface area contributed by atoms with Crippen LogP contribution in [0.15, 0.2) is 72.9 Å². The molecule has 236 valence electrons. The van der Waals surface area contributed by atoms with Crippen molar-refractivity contribution in [2.75, 3.05) is 13.7 Å². The fraction of sp³-hybridized carbons (Fsp3) is 0.286. The highest BCUT2D eigenvalue weighted by Gasteiger charge is 2.37. The first kappa shape index (κ1) is 29.9. The molecule has 5 aromatic rings. The number of H-pyrrole nitrogens is 1. The van der Waals surface area contributed by atoms with E-state index in [-0.39, 0.29) is 23.7 Å². The van der Waals surface area contributed by atoms with Crippen molar-refractivity contribution >= 4 is 34.5 Å². The van der Waals surface area contributed by atoms with Crippen LogP contribution in [-0.2, 0) is 9.53 Å². The minimum absolute atomic E-state index is 0.120. The van der Waals surface area contributed by atoms with E-state index in [1.165, 1.54) is 19.2 Å². The number of likely N-dealkylation sites (tertiary alicyclic amines) is 1. The number of alkyl carbamates (subject to hydrolysis) is 1. The van der Waals surface area contributed by atoms with Crippen LogP contribution in [0.2, 0.25) is 5.02 Å². The lowest BCUT2D eigenvalue weighted by Crippen LogP contribution is -2.51. The van der Waals surface area contributed by atoms with Crippen LogP contribution >= 0.6 is 11.6 Å². The first-order chi connectivity index (χ1) is 22.2. The summed E-state index contributed by atoms with van der Waals surface area (Å²) >= 11 is 6.34. The summed E-state index contributed by atoms with van der Waals surface area (Å²) in [5.74, 6) is 0.761. The number of hydrogen-bond acceptors (Lipinski definition) is 5. The smallest absolute Gasteiger partial charge is 0.407 e. The summed E-state index contributed by atoms with van der Waals surface area (Å²) in [6.07, 6.45) is 2.18. The number of fused-ring (bicyclic) bond motifs is 5. The summed E-state index contributed by atoms with van der Waals surface area (Å²) in [7, 11) is 1.28. The summed E-state index contributed by atoms with van der Waals surface area (Å²) in [6.45, 7) is 4.35. The number of nitrogens with one attached hydrogen (secondary N) is 2. The summed E-state index contributed by atoms with van der Waals surface area (Å²) in [6, 6.07) is 19.2. The molecule has 3 atom stereocenters. The second-order valence-corrected chi connectivity index (χ2v) is 12.5. The first-order valence-electron chi connectivity index (χ1n) is 15.3. The molecule has 0 saturated carbocycles. The molecule has 46 heavy (non-hydrogen) atoms. The Morgan fingerprint density at radius 3 is 2.67 bits per heavy atom. The Labute approximate surface area is 270 Å². The molecule has 2 N–H and O–H groups in total. The van der Waals surface area contributed by atoms with Gasteiger partial charge in [0.15, 0.2) is 0 Å². The van der Waals surface area contributed by atoms with Crippen molar-refractivity contribution in [3.05, 3.63) is 95.2 Å². The van der Waals surface area contributed by atoms with Crippen molar-refractivity contribution < 1.29 is 23.5 Å². The van der Waals surface area contributed by atoms with E-state index in [1.54, 1.807) is 23.2 Å². The number of ether oxygens (including phenoxy) is 2. The molecule has 11 heteroatoms. The number of imidazole rings is 1. The summed E-state index contributed by atoms with van der Waals surface area (Å²) in [4.78, 5) is 35.4. The fourth-order valence-electron chi connectivity index (χ4n) is 6.53.